The number of methoxy groups -OCH3 is 1. The van der Waals surface area contributed by atoms with Crippen molar-refractivity contribution in [3.05, 3.63) is 95.8 Å². The standard InChI is InChI=1S/C22H18FNO4/c1-27-19-9-5-8-16(14-19)22(26)28-20(15-6-3-2-4-7-15)21(25)24-18-12-10-17(23)11-13-18/h2-14,20H,1H3,(H,24,25)/t20-/m0/s1. The van der Waals surface area contributed by atoms with Gasteiger partial charge in [-0.3, -0.25) is 4.79 Å². The molecule has 3 aromatic carbocycles. The third-order valence-electron chi connectivity index (χ3n) is 3.98. The zero-order valence-corrected chi connectivity index (χ0v) is 15.1. The Morgan fingerprint density at radius 2 is 1.64 bits per heavy atom. The lowest BCUT2D eigenvalue weighted by molar-refractivity contribution is -0.125. The molecule has 6 heteroatoms. The van der Waals surface area contributed by atoms with Crippen LogP contribution < -0.4 is 10.1 Å². The molecule has 0 unspecified atom stereocenters. The molecule has 0 aliphatic rings. The SMILES string of the molecule is COc1cccc(C(=O)O[C@H](C(=O)Nc2ccc(F)cc2)c2ccccc2)c1. The smallest absolute Gasteiger partial charge is 0.339 e. The molecule has 0 spiro atoms. The summed E-state index contributed by atoms with van der Waals surface area (Å²) >= 11 is 0. The number of carbonyl (C=O) groups is 2. The average molecular weight is 379 g/mol. The van der Waals surface area contributed by atoms with Crippen LogP contribution in [0.25, 0.3) is 0 Å². The second-order valence-electron chi connectivity index (χ2n) is 5.92. The van der Waals surface area contributed by atoms with Crippen LogP contribution in [-0.2, 0) is 9.53 Å². The first-order valence-electron chi connectivity index (χ1n) is 8.53. The highest BCUT2D eigenvalue weighted by molar-refractivity contribution is 5.98. The molecule has 0 bridgehead atoms. The highest BCUT2D eigenvalue weighted by Gasteiger charge is 2.26. The number of amides is 1. The number of anilines is 1. The zero-order valence-electron chi connectivity index (χ0n) is 15.1. The van der Waals surface area contributed by atoms with Gasteiger partial charge in [-0.25, -0.2) is 9.18 Å². The fraction of sp³-hybridized carbons (Fsp3) is 0.0909. The van der Waals surface area contributed by atoms with Crippen LogP contribution in [0.2, 0.25) is 0 Å². The highest BCUT2D eigenvalue weighted by atomic mass is 19.1. The van der Waals surface area contributed by atoms with Crippen molar-refractivity contribution in [2.45, 2.75) is 6.10 Å². The van der Waals surface area contributed by atoms with Gasteiger partial charge in [-0.05, 0) is 42.5 Å². The predicted molar refractivity (Wildman–Crippen MR) is 103 cm³/mol. The summed E-state index contributed by atoms with van der Waals surface area (Å²) in [7, 11) is 1.49. The Morgan fingerprint density at radius 3 is 2.32 bits per heavy atom. The van der Waals surface area contributed by atoms with Crippen LogP contribution >= 0.6 is 0 Å². The summed E-state index contributed by atoms with van der Waals surface area (Å²) in [5, 5.41) is 2.64. The van der Waals surface area contributed by atoms with Gasteiger partial charge in [-0.1, -0.05) is 36.4 Å². The molecule has 1 amide bonds. The molecule has 28 heavy (non-hydrogen) atoms. The van der Waals surface area contributed by atoms with Crippen LogP contribution in [0.5, 0.6) is 5.75 Å². The first kappa shape index (κ1) is 19.1. The van der Waals surface area contributed by atoms with Gasteiger partial charge in [0, 0.05) is 11.3 Å². The number of hydrogen-bond donors (Lipinski definition) is 1. The molecule has 0 aliphatic carbocycles. The van der Waals surface area contributed by atoms with E-state index in [9.17, 15) is 14.0 Å². The van der Waals surface area contributed by atoms with E-state index < -0.39 is 23.8 Å². The van der Waals surface area contributed by atoms with Crippen molar-refractivity contribution in [2.75, 3.05) is 12.4 Å². The van der Waals surface area contributed by atoms with E-state index >= 15 is 0 Å². The van der Waals surface area contributed by atoms with Crippen LogP contribution in [0.4, 0.5) is 10.1 Å². The number of ether oxygens (including phenoxy) is 2. The Morgan fingerprint density at radius 1 is 0.929 bits per heavy atom. The van der Waals surface area contributed by atoms with Crippen LogP contribution in [0, 0.1) is 5.82 Å². The summed E-state index contributed by atoms with van der Waals surface area (Å²) < 4.78 is 23.7. The first-order valence-corrected chi connectivity index (χ1v) is 8.53. The second-order valence-corrected chi connectivity index (χ2v) is 5.92. The molecule has 3 rings (SSSR count). The average Bonchev–Trinajstić information content (AvgIpc) is 2.74. The van der Waals surface area contributed by atoms with Gasteiger partial charge in [-0.15, -0.1) is 0 Å². The molecule has 0 saturated heterocycles. The quantitative estimate of drug-likeness (QED) is 0.646. The van der Waals surface area contributed by atoms with E-state index in [-0.39, 0.29) is 5.56 Å². The van der Waals surface area contributed by atoms with Crippen LogP contribution in [-0.4, -0.2) is 19.0 Å². The molecule has 5 nitrogen and oxygen atoms in total. The van der Waals surface area contributed by atoms with Gasteiger partial charge in [0.1, 0.15) is 11.6 Å². The van der Waals surface area contributed by atoms with Crippen molar-refractivity contribution >= 4 is 17.6 Å². The van der Waals surface area contributed by atoms with Crippen LogP contribution in [0.15, 0.2) is 78.9 Å². The maximum atomic E-state index is 13.1. The Bertz CT molecular complexity index is 958. The summed E-state index contributed by atoms with van der Waals surface area (Å²) in [6.07, 6.45) is -1.18. The lowest BCUT2D eigenvalue weighted by atomic mass is 10.1. The maximum absolute atomic E-state index is 13.1. The van der Waals surface area contributed by atoms with E-state index in [2.05, 4.69) is 5.32 Å². The van der Waals surface area contributed by atoms with Gasteiger partial charge < -0.3 is 14.8 Å². The van der Waals surface area contributed by atoms with E-state index in [0.29, 0.717) is 17.0 Å². The van der Waals surface area contributed by atoms with Gasteiger partial charge in [-0.2, -0.15) is 0 Å². The minimum atomic E-state index is -1.18. The van der Waals surface area contributed by atoms with Gasteiger partial charge in [0.25, 0.3) is 5.91 Å². The van der Waals surface area contributed by atoms with Gasteiger partial charge >= 0.3 is 5.97 Å². The third-order valence-corrected chi connectivity index (χ3v) is 3.98. The van der Waals surface area contributed by atoms with E-state index in [1.54, 1.807) is 48.5 Å². The Labute approximate surface area is 161 Å². The van der Waals surface area contributed by atoms with E-state index in [1.165, 1.54) is 37.4 Å². The Balaban J connectivity index is 1.83. The summed E-state index contributed by atoms with van der Waals surface area (Å²) in [5.41, 5.74) is 1.16. The Hall–Kier alpha value is -3.67. The minimum Gasteiger partial charge on any atom is -0.497 e. The number of nitrogens with one attached hydrogen (secondary N) is 1. The van der Waals surface area contributed by atoms with E-state index in [0.717, 1.165) is 0 Å². The lowest BCUT2D eigenvalue weighted by Crippen LogP contribution is -2.26. The number of carbonyl (C=O) groups excluding carboxylic acids is 2. The monoisotopic (exact) mass is 379 g/mol. The van der Waals surface area contributed by atoms with Crippen molar-refractivity contribution in [1.29, 1.82) is 0 Å². The summed E-state index contributed by atoms with van der Waals surface area (Å²) in [6, 6.07) is 20.4. The lowest BCUT2D eigenvalue weighted by Gasteiger charge is -2.18. The van der Waals surface area contributed by atoms with Crippen molar-refractivity contribution in [3.63, 3.8) is 0 Å². The summed E-state index contributed by atoms with van der Waals surface area (Å²) in [4.78, 5) is 25.4. The van der Waals surface area contributed by atoms with E-state index in [4.69, 9.17) is 9.47 Å². The minimum absolute atomic E-state index is 0.259. The van der Waals surface area contributed by atoms with Crippen molar-refractivity contribution in [3.8, 4) is 5.75 Å². The number of benzene rings is 3. The topological polar surface area (TPSA) is 64.6 Å². The molecule has 142 valence electrons. The second kappa shape index (κ2) is 8.81. The van der Waals surface area contributed by atoms with Gasteiger partial charge in [0.05, 0.1) is 12.7 Å². The molecule has 0 heterocycles. The third kappa shape index (κ3) is 4.73. The summed E-state index contributed by atoms with van der Waals surface area (Å²) in [5.74, 6) is -1.13. The molecule has 1 atom stereocenters. The summed E-state index contributed by atoms with van der Waals surface area (Å²) in [6.45, 7) is 0. The number of halogens is 1. The number of esters is 1. The maximum Gasteiger partial charge on any atom is 0.339 e. The molecule has 1 N–H and O–H groups in total. The fourth-order valence-electron chi connectivity index (χ4n) is 2.57. The normalized spacial score (nSPS) is 11.4. The van der Waals surface area contributed by atoms with E-state index in [1.807, 2.05) is 0 Å². The molecule has 0 fully saturated rings. The molecule has 0 saturated carbocycles. The zero-order chi connectivity index (χ0) is 19.9. The van der Waals surface area contributed by atoms with Crippen LogP contribution in [0.3, 0.4) is 0 Å². The number of hydrogen-bond acceptors (Lipinski definition) is 4. The molecule has 0 radical (unpaired) electrons. The van der Waals surface area contributed by atoms with Crippen LogP contribution in [0.1, 0.15) is 22.0 Å². The van der Waals surface area contributed by atoms with Crippen molar-refractivity contribution in [1.82, 2.24) is 0 Å². The van der Waals surface area contributed by atoms with Crippen molar-refractivity contribution < 1.29 is 23.5 Å². The molecule has 3 aromatic rings. The fourth-order valence-corrected chi connectivity index (χ4v) is 2.57. The largest absolute Gasteiger partial charge is 0.497 e. The Kier molecular flexibility index (Phi) is 6.01. The van der Waals surface area contributed by atoms with Gasteiger partial charge in [0.15, 0.2) is 0 Å². The molecular formula is C22H18FNO4. The molecular weight excluding hydrogens is 361 g/mol. The molecule has 0 aliphatic heterocycles. The first-order chi connectivity index (χ1) is 13.6. The highest BCUT2D eigenvalue weighted by Crippen LogP contribution is 2.23. The number of rotatable bonds is 6. The van der Waals surface area contributed by atoms with Gasteiger partial charge in [0.2, 0.25) is 6.10 Å². The van der Waals surface area contributed by atoms with Crippen molar-refractivity contribution in [2.24, 2.45) is 0 Å². The molecule has 0 aromatic heterocycles. The predicted octanol–water partition coefficient (Wildman–Crippen LogP) is 4.37.